The average molecular weight is 448 g/mol. The van der Waals surface area contributed by atoms with Gasteiger partial charge in [-0.1, -0.05) is 49.2 Å². The van der Waals surface area contributed by atoms with E-state index in [1.165, 1.54) is 0 Å². The van der Waals surface area contributed by atoms with Gasteiger partial charge in [-0.2, -0.15) is 5.10 Å². The molecule has 3 rings (SSSR count). The number of aryl methyl sites for hydroxylation is 1. The first kappa shape index (κ1) is 24.5. The van der Waals surface area contributed by atoms with E-state index in [9.17, 15) is 5.11 Å². The Hall–Kier alpha value is -3.11. The zero-order valence-electron chi connectivity index (χ0n) is 19.6. The lowest BCUT2D eigenvalue weighted by atomic mass is 10.1. The normalized spacial score (nSPS) is 13.0. The average Bonchev–Trinajstić information content (AvgIpc) is 3.14. The maximum Gasteiger partial charge on any atom is 0.227 e. The van der Waals surface area contributed by atoms with Crippen molar-refractivity contribution in [3.05, 3.63) is 71.9 Å². The van der Waals surface area contributed by atoms with Crippen LogP contribution in [0.3, 0.4) is 0 Å². The van der Waals surface area contributed by atoms with Gasteiger partial charge in [-0.25, -0.2) is 4.68 Å². The van der Waals surface area contributed by atoms with E-state index in [1.807, 2.05) is 72.3 Å². The Morgan fingerprint density at radius 1 is 1.12 bits per heavy atom. The molecule has 2 aromatic carbocycles. The van der Waals surface area contributed by atoms with Gasteiger partial charge in [-0.15, -0.1) is 6.42 Å². The van der Waals surface area contributed by atoms with Crippen molar-refractivity contribution in [3.8, 4) is 29.7 Å². The van der Waals surface area contributed by atoms with Crippen molar-refractivity contribution < 1.29 is 14.6 Å². The minimum Gasteiger partial charge on any atom is -0.439 e. The maximum atomic E-state index is 10.5. The third kappa shape index (κ3) is 6.69. The summed E-state index contributed by atoms with van der Waals surface area (Å²) in [5.41, 5.74) is 2.80. The van der Waals surface area contributed by atoms with Gasteiger partial charge in [-0.05, 0) is 44.5 Å². The second-order valence-electron chi connectivity index (χ2n) is 8.09. The molecule has 2 unspecified atom stereocenters. The molecule has 0 aliphatic carbocycles. The number of hydrogen-bond acceptors (Lipinski definition) is 5. The lowest BCUT2D eigenvalue weighted by molar-refractivity contribution is 0.0168. The first-order valence-electron chi connectivity index (χ1n) is 11.3. The summed E-state index contributed by atoms with van der Waals surface area (Å²) in [6.07, 6.45) is 5.54. The molecule has 1 N–H and O–H groups in total. The molecule has 0 aliphatic rings. The predicted molar refractivity (Wildman–Crippen MR) is 131 cm³/mol. The molecule has 0 amide bonds. The van der Waals surface area contributed by atoms with E-state index in [0.717, 1.165) is 29.1 Å². The molecule has 6 heteroatoms. The number of nitrogens with zero attached hydrogens (tertiary/aromatic N) is 3. The topological polar surface area (TPSA) is 59.8 Å². The van der Waals surface area contributed by atoms with E-state index >= 15 is 0 Å². The second kappa shape index (κ2) is 12.2. The molecular weight excluding hydrogens is 414 g/mol. The molecule has 2 atom stereocenters. The lowest BCUT2D eigenvalue weighted by Crippen LogP contribution is -2.40. The highest BCUT2D eigenvalue weighted by molar-refractivity contribution is 5.43. The van der Waals surface area contributed by atoms with Crippen molar-refractivity contribution in [2.24, 2.45) is 0 Å². The van der Waals surface area contributed by atoms with Crippen LogP contribution in [0.5, 0.6) is 11.6 Å². The summed E-state index contributed by atoms with van der Waals surface area (Å²) in [6, 6.07) is 19.9. The molecule has 0 bridgehead atoms. The van der Waals surface area contributed by atoms with Crippen LogP contribution in [-0.4, -0.2) is 51.7 Å². The highest BCUT2D eigenvalue weighted by Gasteiger charge is 2.24. The van der Waals surface area contributed by atoms with Crippen molar-refractivity contribution in [2.75, 3.05) is 19.8 Å². The number of para-hydroxylation sites is 2. The van der Waals surface area contributed by atoms with Gasteiger partial charge in [0.1, 0.15) is 12.4 Å². The van der Waals surface area contributed by atoms with Gasteiger partial charge < -0.3 is 14.6 Å². The monoisotopic (exact) mass is 447 g/mol. The zero-order chi connectivity index (χ0) is 23.6. The Labute approximate surface area is 196 Å². The molecule has 0 saturated heterocycles. The fraction of sp³-hybridized carbons (Fsp3) is 0.370. The third-order valence-electron chi connectivity index (χ3n) is 5.61. The summed E-state index contributed by atoms with van der Waals surface area (Å²) in [4.78, 5) is 2.24. The molecule has 1 heterocycles. The van der Waals surface area contributed by atoms with Gasteiger partial charge in [-0.3, -0.25) is 4.90 Å². The molecule has 0 fully saturated rings. The van der Waals surface area contributed by atoms with Crippen LogP contribution >= 0.6 is 0 Å². The largest absolute Gasteiger partial charge is 0.439 e. The second-order valence-corrected chi connectivity index (χ2v) is 8.09. The third-order valence-corrected chi connectivity index (χ3v) is 5.61. The molecule has 33 heavy (non-hydrogen) atoms. The highest BCUT2D eigenvalue weighted by Crippen LogP contribution is 2.32. The van der Waals surface area contributed by atoms with Gasteiger partial charge in [0.2, 0.25) is 5.88 Å². The predicted octanol–water partition coefficient (Wildman–Crippen LogP) is 4.58. The number of aliphatic hydroxyl groups excluding tert-OH is 1. The van der Waals surface area contributed by atoms with E-state index < -0.39 is 6.10 Å². The lowest BCUT2D eigenvalue weighted by Gasteiger charge is -2.30. The summed E-state index contributed by atoms with van der Waals surface area (Å²) in [5, 5.41) is 15.3. The van der Waals surface area contributed by atoms with Crippen LogP contribution in [0.2, 0.25) is 0 Å². The first-order valence-corrected chi connectivity index (χ1v) is 11.3. The number of ether oxygens (including phenoxy) is 2. The number of benzene rings is 2. The fourth-order valence-corrected chi connectivity index (χ4v) is 3.61. The highest BCUT2D eigenvalue weighted by atomic mass is 16.5. The summed E-state index contributed by atoms with van der Waals surface area (Å²) in [7, 11) is 0. The molecule has 0 saturated carbocycles. The number of aliphatic hydroxyl groups is 1. The van der Waals surface area contributed by atoms with Gasteiger partial charge in [0.15, 0.2) is 0 Å². The Morgan fingerprint density at radius 2 is 1.79 bits per heavy atom. The summed E-state index contributed by atoms with van der Waals surface area (Å²) in [6.45, 7) is 7.73. The van der Waals surface area contributed by atoms with Crippen LogP contribution in [0, 0.1) is 19.3 Å². The van der Waals surface area contributed by atoms with Crippen molar-refractivity contribution in [1.29, 1.82) is 0 Å². The minimum atomic E-state index is -0.643. The minimum absolute atomic E-state index is 0.193. The fourth-order valence-electron chi connectivity index (χ4n) is 3.61. The van der Waals surface area contributed by atoms with Gasteiger partial charge >= 0.3 is 0 Å². The molecule has 174 valence electrons. The van der Waals surface area contributed by atoms with Crippen LogP contribution in [0.1, 0.15) is 31.5 Å². The van der Waals surface area contributed by atoms with Crippen molar-refractivity contribution >= 4 is 0 Å². The Kier molecular flexibility index (Phi) is 9.08. The van der Waals surface area contributed by atoms with Crippen LogP contribution in [0.4, 0.5) is 0 Å². The summed E-state index contributed by atoms with van der Waals surface area (Å²) in [5.74, 6) is 3.85. The number of hydrogen-bond donors (Lipinski definition) is 1. The van der Waals surface area contributed by atoms with E-state index in [4.69, 9.17) is 21.0 Å². The van der Waals surface area contributed by atoms with Crippen LogP contribution in [-0.2, 0) is 11.3 Å². The van der Waals surface area contributed by atoms with Gasteiger partial charge in [0.05, 0.1) is 29.7 Å². The smallest absolute Gasteiger partial charge is 0.227 e. The van der Waals surface area contributed by atoms with Gasteiger partial charge in [0.25, 0.3) is 0 Å². The molecule has 0 aliphatic heterocycles. The molecule has 6 nitrogen and oxygen atoms in total. The van der Waals surface area contributed by atoms with Gasteiger partial charge in [0, 0.05) is 19.1 Å². The number of terminal acetylenes is 1. The summed E-state index contributed by atoms with van der Waals surface area (Å²) >= 11 is 0. The quantitative estimate of drug-likeness (QED) is 0.325. The van der Waals surface area contributed by atoms with E-state index in [1.54, 1.807) is 0 Å². The standard InChI is InChI=1S/C27H33N3O3/c1-5-17-32-20-24(31)18-29(21(3)6-2)19-26-22(4)28-30(23-13-9-7-10-14-23)27(26)33-25-15-11-8-12-16-25/h1,7-16,21,24,31H,6,17-20H2,2-4H3. The Morgan fingerprint density at radius 3 is 2.42 bits per heavy atom. The number of rotatable bonds is 12. The molecular formula is C27H33N3O3. The van der Waals surface area contributed by atoms with Crippen molar-refractivity contribution in [3.63, 3.8) is 0 Å². The molecule has 3 aromatic rings. The maximum absolute atomic E-state index is 10.5. The van der Waals surface area contributed by atoms with Crippen molar-refractivity contribution in [1.82, 2.24) is 14.7 Å². The summed E-state index contributed by atoms with van der Waals surface area (Å²) < 4.78 is 13.6. The number of aromatic nitrogens is 2. The molecule has 0 radical (unpaired) electrons. The zero-order valence-corrected chi connectivity index (χ0v) is 19.6. The van der Waals surface area contributed by atoms with Crippen LogP contribution in [0.25, 0.3) is 5.69 Å². The SMILES string of the molecule is C#CCOCC(O)CN(Cc1c(C)nn(-c2ccccc2)c1Oc1ccccc1)C(C)CC. The molecule has 0 spiro atoms. The Balaban J connectivity index is 1.94. The van der Waals surface area contributed by atoms with E-state index in [-0.39, 0.29) is 19.3 Å². The van der Waals surface area contributed by atoms with Crippen LogP contribution < -0.4 is 4.74 Å². The first-order chi connectivity index (χ1) is 16.0. The van der Waals surface area contributed by atoms with Crippen molar-refractivity contribution in [2.45, 2.75) is 45.9 Å². The van der Waals surface area contributed by atoms with E-state index in [2.05, 4.69) is 24.7 Å². The molecule has 1 aromatic heterocycles. The van der Waals surface area contributed by atoms with E-state index in [0.29, 0.717) is 19.0 Å². The Bertz CT molecular complexity index is 1030. The van der Waals surface area contributed by atoms with Crippen LogP contribution in [0.15, 0.2) is 60.7 Å².